The van der Waals surface area contributed by atoms with Gasteiger partial charge in [0.25, 0.3) is 5.56 Å². The van der Waals surface area contributed by atoms with Gasteiger partial charge in [0.05, 0.1) is 12.7 Å². The molecule has 0 aliphatic heterocycles. The van der Waals surface area contributed by atoms with Gasteiger partial charge in [-0.2, -0.15) is 4.98 Å². The fourth-order valence-electron chi connectivity index (χ4n) is 1.74. The molecule has 0 fully saturated rings. The zero-order chi connectivity index (χ0) is 14.0. The maximum absolute atomic E-state index is 11.8. The molecule has 0 aliphatic rings. The zero-order valence-electron chi connectivity index (χ0n) is 10.5. The van der Waals surface area contributed by atoms with Crippen molar-refractivity contribution in [2.45, 2.75) is 13.3 Å². The van der Waals surface area contributed by atoms with E-state index in [1.807, 2.05) is 0 Å². The van der Waals surface area contributed by atoms with Gasteiger partial charge in [-0.1, -0.05) is 22.9 Å². The number of rotatable bonds is 3. The molecule has 0 aliphatic carbocycles. The molecule has 1 aromatic heterocycles. The first kappa shape index (κ1) is 13.6. The van der Waals surface area contributed by atoms with Crippen molar-refractivity contribution in [3.8, 4) is 23.0 Å². The molecule has 0 saturated heterocycles. The van der Waals surface area contributed by atoms with Crippen LogP contribution >= 0.6 is 15.9 Å². The van der Waals surface area contributed by atoms with Gasteiger partial charge in [0, 0.05) is 10.0 Å². The number of H-pyrrole nitrogens is 1. The number of halogens is 1. The number of nitrogens with one attached hydrogen (secondary N) is 1. The highest BCUT2D eigenvalue weighted by molar-refractivity contribution is 9.10. The summed E-state index contributed by atoms with van der Waals surface area (Å²) in [6.45, 7) is 1.78. The summed E-state index contributed by atoms with van der Waals surface area (Å²) in [6.07, 6.45) is 0.424. The minimum atomic E-state index is -0.334. The second-order valence-electron chi connectivity index (χ2n) is 3.92. The Kier molecular flexibility index (Phi) is 3.90. The molecular weight excluding hydrogens is 312 g/mol. The second kappa shape index (κ2) is 5.44. The van der Waals surface area contributed by atoms with Crippen LogP contribution in [0.25, 0.3) is 11.4 Å². The number of nitrogens with zero attached hydrogens (tertiary/aromatic N) is 1. The number of aromatic nitrogens is 2. The monoisotopic (exact) mass is 324 g/mol. The van der Waals surface area contributed by atoms with Crippen molar-refractivity contribution >= 4 is 15.9 Å². The molecule has 19 heavy (non-hydrogen) atoms. The summed E-state index contributed by atoms with van der Waals surface area (Å²) in [5, 5.41) is 9.77. The molecule has 0 unspecified atom stereocenters. The van der Waals surface area contributed by atoms with Gasteiger partial charge in [0.1, 0.15) is 11.6 Å². The van der Waals surface area contributed by atoms with Crippen molar-refractivity contribution < 1.29 is 9.84 Å². The van der Waals surface area contributed by atoms with Gasteiger partial charge in [0.15, 0.2) is 0 Å². The number of methoxy groups -OCH3 is 1. The van der Waals surface area contributed by atoms with E-state index in [-0.39, 0.29) is 17.0 Å². The highest BCUT2D eigenvalue weighted by Gasteiger charge is 2.13. The molecule has 1 aromatic carbocycles. The Labute approximate surface area is 118 Å². The zero-order valence-corrected chi connectivity index (χ0v) is 12.1. The SMILES string of the molecule is CCc1c(O)nc(-c2cc(OC)ccc2Br)[nH]c1=O. The van der Waals surface area contributed by atoms with Crippen molar-refractivity contribution in [1.82, 2.24) is 9.97 Å². The van der Waals surface area contributed by atoms with Crippen molar-refractivity contribution in [2.75, 3.05) is 7.11 Å². The summed E-state index contributed by atoms with van der Waals surface area (Å²) in [4.78, 5) is 18.5. The van der Waals surface area contributed by atoms with Gasteiger partial charge in [-0.05, 0) is 24.6 Å². The molecule has 6 heteroatoms. The minimum absolute atomic E-state index is 0.240. The van der Waals surface area contributed by atoms with E-state index < -0.39 is 0 Å². The second-order valence-corrected chi connectivity index (χ2v) is 4.77. The molecular formula is C13H13BrN2O3. The summed E-state index contributed by atoms with van der Waals surface area (Å²) >= 11 is 3.38. The fraction of sp³-hybridized carbons (Fsp3) is 0.231. The van der Waals surface area contributed by atoms with E-state index in [2.05, 4.69) is 25.9 Å². The molecule has 0 amide bonds. The molecule has 100 valence electrons. The first-order chi connectivity index (χ1) is 9.06. The van der Waals surface area contributed by atoms with Crippen LogP contribution in [0.3, 0.4) is 0 Å². The Morgan fingerprint density at radius 1 is 1.47 bits per heavy atom. The highest BCUT2D eigenvalue weighted by Crippen LogP contribution is 2.30. The maximum atomic E-state index is 11.8. The average molecular weight is 325 g/mol. The van der Waals surface area contributed by atoms with Gasteiger partial charge in [-0.15, -0.1) is 0 Å². The summed E-state index contributed by atoms with van der Waals surface area (Å²) in [5.74, 6) is 0.696. The molecule has 2 N–H and O–H groups in total. The van der Waals surface area contributed by atoms with Crippen molar-refractivity contribution in [2.24, 2.45) is 0 Å². The van der Waals surface area contributed by atoms with Gasteiger partial charge in [-0.25, -0.2) is 0 Å². The predicted molar refractivity (Wildman–Crippen MR) is 75.6 cm³/mol. The van der Waals surface area contributed by atoms with E-state index in [4.69, 9.17) is 4.74 Å². The van der Waals surface area contributed by atoms with Gasteiger partial charge >= 0.3 is 0 Å². The molecule has 0 radical (unpaired) electrons. The van der Waals surface area contributed by atoms with Crippen molar-refractivity contribution in [3.63, 3.8) is 0 Å². The van der Waals surface area contributed by atoms with Crippen LogP contribution in [0.4, 0.5) is 0 Å². The Hall–Kier alpha value is -1.82. The van der Waals surface area contributed by atoms with Crippen molar-refractivity contribution in [3.05, 3.63) is 38.6 Å². The number of hydrogen-bond donors (Lipinski definition) is 2. The third kappa shape index (κ3) is 2.63. The smallest absolute Gasteiger partial charge is 0.258 e. The summed E-state index contributed by atoms with van der Waals surface area (Å²) < 4.78 is 5.88. The number of aromatic hydroxyl groups is 1. The quantitative estimate of drug-likeness (QED) is 0.909. The van der Waals surface area contributed by atoms with Crippen molar-refractivity contribution in [1.29, 1.82) is 0 Å². The van der Waals surface area contributed by atoms with Crippen LogP contribution in [0.2, 0.25) is 0 Å². The molecule has 0 atom stereocenters. The van der Waals surface area contributed by atoms with E-state index >= 15 is 0 Å². The lowest BCUT2D eigenvalue weighted by molar-refractivity contribution is 0.415. The van der Waals surface area contributed by atoms with Crippen LogP contribution in [0, 0.1) is 0 Å². The third-order valence-electron chi connectivity index (χ3n) is 2.78. The van der Waals surface area contributed by atoms with Gasteiger partial charge in [0.2, 0.25) is 5.88 Å². The molecule has 0 spiro atoms. The lowest BCUT2D eigenvalue weighted by Crippen LogP contribution is -2.14. The lowest BCUT2D eigenvalue weighted by Gasteiger charge is -2.08. The van der Waals surface area contributed by atoms with Crippen LogP contribution < -0.4 is 10.3 Å². The third-order valence-corrected chi connectivity index (χ3v) is 3.47. The van der Waals surface area contributed by atoms with E-state index in [1.54, 1.807) is 32.2 Å². The number of benzene rings is 1. The number of ether oxygens (including phenoxy) is 1. The Balaban J connectivity index is 2.62. The first-order valence-corrected chi connectivity index (χ1v) is 6.52. The molecule has 0 bridgehead atoms. The molecule has 2 aromatic rings. The first-order valence-electron chi connectivity index (χ1n) is 5.72. The lowest BCUT2D eigenvalue weighted by atomic mass is 10.2. The summed E-state index contributed by atoms with van der Waals surface area (Å²) in [7, 11) is 1.56. The summed E-state index contributed by atoms with van der Waals surface area (Å²) in [6, 6.07) is 5.30. The molecule has 2 rings (SSSR count). The number of hydrogen-bond acceptors (Lipinski definition) is 4. The molecule has 5 nitrogen and oxygen atoms in total. The maximum Gasteiger partial charge on any atom is 0.258 e. The van der Waals surface area contributed by atoms with Crippen LogP contribution in [0.1, 0.15) is 12.5 Å². The summed E-state index contributed by atoms with van der Waals surface area (Å²) in [5.41, 5.74) is 0.594. The largest absolute Gasteiger partial charge is 0.497 e. The Morgan fingerprint density at radius 2 is 2.21 bits per heavy atom. The Bertz CT molecular complexity index is 667. The minimum Gasteiger partial charge on any atom is -0.497 e. The van der Waals surface area contributed by atoms with E-state index in [0.717, 1.165) is 4.47 Å². The normalized spacial score (nSPS) is 10.5. The fourth-order valence-corrected chi connectivity index (χ4v) is 2.18. The molecule has 1 heterocycles. The van der Waals surface area contributed by atoms with Crippen LogP contribution in [0.15, 0.2) is 27.5 Å². The van der Waals surface area contributed by atoms with Crippen LogP contribution in [0.5, 0.6) is 11.6 Å². The van der Waals surface area contributed by atoms with Gasteiger partial charge in [-0.3, -0.25) is 4.79 Å². The van der Waals surface area contributed by atoms with Gasteiger partial charge < -0.3 is 14.8 Å². The topological polar surface area (TPSA) is 75.2 Å². The van der Waals surface area contributed by atoms with E-state index in [1.165, 1.54) is 0 Å². The Morgan fingerprint density at radius 3 is 2.79 bits per heavy atom. The van der Waals surface area contributed by atoms with Crippen LogP contribution in [-0.2, 0) is 6.42 Å². The number of aromatic amines is 1. The molecule has 0 saturated carbocycles. The standard InChI is InChI=1S/C13H13BrN2O3/c1-3-8-12(17)15-11(16-13(8)18)9-6-7(19-2)4-5-10(9)14/h4-6H,3H2,1-2H3,(H2,15,16,17,18). The van der Waals surface area contributed by atoms with E-state index in [9.17, 15) is 9.90 Å². The van der Waals surface area contributed by atoms with Crippen LogP contribution in [-0.4, -0.2) is 22.2 Å². The highest BCUT2D eigenvalue weighted by atomic mass is 79.9. The predicted octanol–water partition coefficient (Wildman–Crippen LogP) is 2.48. The van der Waals surface area contributed by atoms with E-state index in [0.29, 0.717) is 23.6 Å². The average Bonchev–Trinajstić information content (AvgIpc) is 2.39.